The van der Waals surface area contributed by atoms with E-state index in [-0.39, 0.29) is 6.09 Å². The smallest absolute Gasteiger partial charge is 0.407 e. The molecule has 1 atom stereocenters. The van der Waals surface area contributed by atoms with Crippen LogP contribution in [0.4, 0.5) is 4.79 Å². The van der Waals surface area contributed by atoms with Gasteiger partial charge in [0, 0.05) is 12.6 Å². The van der Waals surface area contributed by atoms with E-state index in [0.717, 1.165) is 11.7 Å². The fourth-order valence-electron chi connectivity index (χ4n) is 2.36. The largest absolute Gasteiger partial charge is 0.445 e. The Balaban J connectivity index is 1.65. The number of carbonyl (C=O) groups excluding carboxylic acids is 1. The van der Waals surface area contributed by atoms with Gasteiger partial charge < -0.3 is 15.4 Å². The quantitative estimate of drug-likeness (QED) is 0.830. The van der Waals surface area contributed by atoms with Crippen molar-refractivity contribution in [3.05, 3.63) is 35.9 Å². The highest BCUT2D eigenvalue weighted by atomic mass is 28.3. The summed E-state index contributed by atoms with van der Waals surface area (Å²) in [5.74, 6) is 0. The zero-order chi connectivity index (χ0) is 13.7. The zero-order valence-corrected chi connectivity index (χ0v) is 12.6. The first-order valence-corrected chi connectivity index (χ1v) is 10.1. The van der Waals surface area contributed by atoms with Crippen LogP contribution < -0.4 is 10.6 Å². The molecule has 104 valence electrons. The summed E-state index contributed by atoms with van der Waals surface area (Å²) in [6, 6.07) is 11.3. The molecular weight excluding hydrogens is 256 g/mol. The van der Waals surface area contributed by atoms with Crippen molar-refractivity contribution in [3.8, 4) is 0 Å². The van der Waals surface area contributed by atoms with Crippen molar-refractivity contribution >= 4 is 14.2 Å². The summed E-state index contributed by atoms with van der Waals surface area (Å²) in [6.07, 6.45) is 0.801. The third kappa shape index (κ3) is 4.68. The normalized spacial score (nSPS) is 21.1. The summed E-state index contributed by atoms with van der Waals surface area (Å²) in [7, 11) is -1.05. The highest BCUT2D eigenvalue weighted by Crippen LogP contribution is 2.17. The fraction of sp³-hybridized carbons (Fsp3) is 0.500. The van der Waals surface area contributed by atoms with Gasteiger partial charge in [0.2, 0.25) is 0 Å². The number of hydrogen-bond acceptors (Lipinski definition) is 3. The maximum absolute atomic E-state index is 11.6. The van der Waals surface area contributed by atoms with Crippen LogP contribution in [-0.4, -0.2) is 32.9 Å². The number of rotatable bonds is 4. The van der Waals surface area contributed by atoms with Crippen LogP contribution >= 0.6 is 0 Å². The lowest BCUT2D eigenvalue weighted by Crippen LogP contribution is -2.37. The van der Waals surface area contributed by atoms with Crippen molar-refractivity contribution in [2.24, 2.45) is 0 Å². The second-order valence-electron chi connectivity index (χ2n) is 5.89. The standard InChI is InChI=1S/C14H22N2O2Si/c1-19(2)10-13(16-11-19)8-15-14(17)18-9-12-6-4-3-5-7-12/h3-7,13,16H,8-11H2,1-2H3,(H,15,17)/t13-/m0/s1. The number of hydrogen-bond donors (Lipinski definition) is 2. The maximum Gasteiger partial charge on any atom is 0.407 e. The summed E-state index contributed by atoms with van der Waals surface area (Å²) in [6.45, 7) is 5.72. The SMILES string of the molecule is C[Si]1(C)CN[C@@H](CNC(=O)OCc2ccccc2)C1. The molecule has 1 heterocycles. The van der Waals surface area contributed by atoms with Crippen molar-refractivity contribution in [2.75, 3.05) is 12.7 Å². The third-order valence-electron chi connectivity index (χ3n) is 3.37. The Morgan fingerprint density at radius 1 is 1.42 bits per heavy atom. The van der Waals surface area contributed by atoms with Crippen molar-refractivity contribution in [3.63, 3.8) is 0 Å². The molecule has 1 aliphatic rings. The van der Waals surface area contributed by atoms with Gasteiger partial charge in [-0.25, -0.2) is 4.79 Å². The Morgan fingerprint density at radius 2 is 2.16 bits per heavy atom. The number of alkyl carbamates (subject to hydrolysis) is 1. The minimum absolute atomic E-state index is 0.324. The molecule has 1 fully saturated rings. The van der Waals surface area contributed by atoms with Gasteiger partial charge in [-0.1, -0.05) is 43.4 Å². The summed E-state index contributed by atoms with van der Waals surface area (Å²) >= 11 is 0. The van der Waals surface area contributed by atoms with Crippen molar-refractivity contribution < 1.29 is 9.53 Å². The fourth-order valence-corrected chi connectivity index (χ4v) is 4.97. The minimum atomic E-state index is -1.05. The molecule has 1 aliphatic heterocycles. The molecule has 19 heavy (non-hydrogen) atoms. The van der Waals surface area contributed by atoms with Crippen LogP contribution in [0.15, 0.2) is 30.3 Å². The second-order valence-corrected chi connectivity index (χ2v) is 11.0. The van der Waals surface area contributed by atoms with Gasteiger partial charge in [0.05, 0.1) is 8.07 Å². The second kappa shape index (κ2) is 6.21. The lowest BCUT2D eigenvalue weighted by molar-refractivity contribution is 0.139. The lowest BCUT2D eigenvalue weighted by atomic mass is 10.2. The van der Waals surface area contributed by atoms with Crippen LogP contribution in [0.3, 0.4) is 0 Å². The molecule has 1 aromatic carbocycles. The van der Waals surface area contributed by atoms with Gasteiger partial charge in [-0.05, 0) is 17.8 Å². The van der Waals surface area contributed by atoms with Gasteiger partial charge in [-0.15, -0.1) is 0 Å². The van der Waals surface area contributed by atoms with Crippen molar-refractivity contribution in [2.45, 2.75) is 31.8 Å². The van der Waals surface area contributed by atoms with E-state index < -0.39 is 8.07 Å². The average molecular weight is 278 g/mol. The van der Waals surface area contributed by atoms with Crippen LogP contribution in [0, 0.1) is 0 Å². The first kappa shape index (κ1) is 14.1. The van der Waals surface area contributed by atoms with Gasteiger partial charge in [0.25, 0.3) is 0 Å². The molecule has 0 unspecified atom stereocenters. The van der Waals surface area contributed by atoms with Crippen LogP contribution in [0.1, 0.15) is 5.56 Å². The number of carbonyl (C=O) groups is 1. The first-order chi connectivity index (χ1) is 9.05. The van der Waals surface area contributed by atoms with Gasteiger partial charge in [0.1, 0.15) is 6.61 Å². The Hall–Kier alpha value is -1.33. The molecule has 2 N–H and O–H groups in total. The Kier molecular flexibility index (Phi) is 4.60. The van der Waals surface area contributed by atoms with E-state index in [4.69, 9.17) is 4.74 Å². The molecule has 5 heteroatoms. The molecule has 0 saturated carbocycles. The molecule has 0 bridgehead atoms. The lowest BCUT2D eigenvalue weighted by Gasteiger charge is -2.14. The average Bonchev–Trinajstić information content (AvgIpc) is 2.75. The molecule has 1 amide bonds. The first-order valence-electron chi connectivity index (χ1n) is 6.73. The van der Waals surface area contributed by atoms with E-state index >= 15 is 0 Å². The highest BCUT2D eigenvalue weighted by Gasteiger charge is 2.32. The molecule has 1 saturated heterocycles. The molecule has 0 aromatic heterocycles. The van der Waals surface area contributed by atoms with Crippen LogP contribution in [-0.2, 0) is 11.3 Å². The molecule has 1 aromatic rings. The van der Waals surface area contributed by atoms with E-state index in [9.17, 15) is 4.79 Å². The summed E-state index contributed by atoms with van der Waals surface area (Å²) in [4.78, 5) is 11.6. The summed E-state index contributed by atoms with van der Waals surface area (Å²) in [5, 5.41) is 6.30. The van der Waals surface area contributed by atoms with Crippen LogP contribution in [0.2, 0.25) is 19.1 Å². The van der Waals surface area contributed by atoms with E-state index in [1.54, 1.807) is 0 Å². The van der Waals surface area contributed by atoms with Gasteiger partial charge in [0.15, 0.2) is 0 Å². The zero-order valence-electron chi connectivity index (χ0n) is 11.6. The molecule has 0 radical (unpaired) electrons. The van der Waals surface area contributed by atoms with E-state index in [1.807, 2.05) is 30.3 Å². The van der Waals surface area contributed by atoms with Crippen molar-refractivity contribution in [1.29, 1.82) is 0 Å². The number of benzene rings is 1. The molecule has 2 rings (SSSR count). The molecular formula is C14H22N2O2Si. The Labute approximate surface area is 115 Å². The third-order valence-corrected chi connectivity index (χ3v) is 6.13. The molecule has 0 aliphatic carbocycles. The molecule has 4 nitrogen and oxygen atoms in total. The van der Waals surface area contributed by atoms with E-state index in [2.05, 4.69) is 23.7 Å². The molecule has 0 spiro atoms. The topological polar surface area (TPSA) is 50.4 Å². The van der Waals surface area contributed by atoms with Crippen LogP contribution in [0.5, 0.6) is 0 Å². The predicted octanol–water partition coefficient (Wildman–Crippen LogP) is 2.13. The van der Waals surface area contributed by atoms with Crippen LogP contribution in [0.25, 0.3) is 0 Å². The van der Waals surface area contributed by atoms with E-state index in [1.165, 1.54) is 6.04 Å². The van der Waals surface area contributed by atoms with Gasteiger partial charge in [-0.3, -0.25) is 0 Å². The minimum Gasteiger partial charge on any atom is -0.445 e. The number of amides is 1. The number of ether oxygens (including phenoxy) is 1. The maximum atomic E-state index is 11.6. The Bertz CT molecular complexity index is 423. The van der Waals surface area contributed by atoms with Gasteiger partial charge in [-0.2, -0.15) is 0 Å². The summed E-state index contributed by atoms with van der Waals surface area (Å²) < 4.78 is 5.17. The van der Waals surface area contributed by atoms with E-state index in [0.29, 0.717) is 19.2 Å². The summed E-state index contributed by atoms with van der Waals surface area (Å²) in [5.41, 5.74) is 1.00. The number of nitrogens with one attached hydrogen (secondary N) is 2. The monoisotopic (exact) mass is 278 g/mol. The highest BCUT2D eigenvalue weighted by molar-refractivity contribution is 6.78. The Morgan fingerprint density at radius 3 is 2.79 bits per heavy atom. The van der Waals surface area contributed by atoms with Gasteiger partial charge >= 0.3 is 6.09 Å². The van der Waals surface area contributed by atoms with Crippen molar-refractivity contribution in [1.82, 2.24) is 10.6 Å². The predicted molar refractivity (Wildman–Crippen MR) is 78.7 cm³/mol.